The van der Waals surface area contributed by atoms with Gasteiger partial charge in [-0.2, -0.15) is 0 Å². The summed E-state index contributed by atoms with van der Waals surface area (Å²) in [7, 11) is 0. The molecule has 0 fully saturated rings. The smallest absolute Gasteiger partial charge is 0.345 e. The Balaban J connectivity index is 4.19. The molecule has 5 heteroatoms. The lowest BCUT2D eigenvalue weighted by molar-refractivity contribution is -0.164. The highest BCUT2D eigenvalue weighted by Crippen LogP contribution is 2.02. The van der Waals surface area contributed by atoms with Crippen LogP contribution in [0.15, 0.2) is 11.6 Å². The number of allylic oxidation sites excluding steroid dienone is 1. The average molecular weight is 216 g/mol. The molecule has 0 aliphatic rings. The number of carbonyl (C=O) groups is 2. The maximum atomic E-state index is 11.2. The molecule has 1 atom stereocenters. The highest BCUT2D eigenvalue weighted by atomic mass is 16.6. The number of aliphatic hydroxyl groups is 2. The van der Waals surface area contributed by atoms with E-state index in [1.807, 2.05) is 6.92 Å². The van der Waals surface area contributed by atoms with Crippen molar-refractivity contribution < 1.29 is 24.5 Å². The van der Waals surface area contributed by atoms with Crippen molar-refractivity contribution in [3.05, 3.63) is 11.6 Å². The summed E-state index contributed by atoms with van der Waals surface area (Å²) in [6, 6.07) is 0. The Hall–Kier alpha value is -1.20. The van der Waals surface area contributed by atoms with Crippen molar-refractivity contribution in [1.29, 1.82) is 0 Å². The Morgan fingerprint density at radius 3 is 2.53 bits per heavy atom. The normalized spacial score (nSPS) is 13.5. The van der Waals surface area contributed by atoms with E-state index in [0.29, 0.717) is 5.57 Å². The molecule has 2 N–H and O–H groups in total. The minimum Gasteiger partial charge on any atom is -0.393 e. The van der Waals surface area contributed by atoms with Crippen molar-refractivity contribution in [3.63, 3.8) is 0 Å². The van der Waals surface area contributed by atoms with Crippen LogP contribution >= 0.6 is 0 Å². The van der Waals surface area contributed by atoms with Gasteiger partial charge in [0.15, 0.2) is 6.10 Å². The first-order valence-corrected chi connectivity index (χ1v) is 4.74. The van der Waals surface area contributed by atoms with Crippen LogP contribution in [0.2, 0.25) is 0 Å². The Labute approximate surface area is 88.4 Å². The second-order valence-corrected chi connectivity index (χ2v) is 3.08. The van der Waals surface area contributed by atoms with Gasteiger partial charge in [0.2, 0.25) is 0 Å². The van der Waals surface area contributed by atoms with Crippen LogP contribution < -0.4 is 0 Å². The molecule has 0 aromatic carbocycles. The van der Waals surface area contributed by atoms with E-state index in [4.69, 9.17) is 10.2 Å². The molecule has 0 bridgehead atoms. The lowest BCUT2D eigenvalue weighted by Gasteiger charge is -2.06. The van der Waals surface area contributed by atoms with Gasteiger partial charge >= 0.3 is 11.9 Å². The highest BCUT2D eigenvalue weighted by Gasteiger charge is 2.19. The lowest BCUT2D eigenvalue weighted by Crippen LogP contribution is -2.29. The topological polar surface area (TPSA) is 83.8 Å². The monoisotopic (exact) mass is 216 g/mol. The van der Waals surface area contributed by atoms with E-state index in [9.17, 15) is 9.59 Å². The zero-order valence-electron chi connectivity index (χ0n) is 8.90. The third kappa shape index (κ3) is 5.29. The standard InChI is InChI=1S/C10H16O5/c1-3-4-5-7(2)9(13)15-10(14)8(12)6-11/h5,8,11-12H,3-4,6H2,1-2H3. The molecule has 0 amide bonds. The van der Waals surface area contributed by atoms with Crippen molar-refractivity contribution in [2.75, 3.05) is 6.61 Å². The molecule has 0 aliphatic carbocycles. The molecule has 0 radical (unpaired) electrons. The van der Waals surface area contributed by atoms with Gasteiger partial charge in [-0.1, -0.05) is 19.4 Å². The molecule has 0 saturated heterocycles. The second-order valence-electron chi connectivity index (χ2n) is 3.08. The molecule has 5 nitrogen and oxygen atoms in total. The van der Waals surface area contributed by atoms with Gasteiger partial charge in [-0.15, -0.1) is 0 Å². The Bertz CT molecular complexity index is 257. The van der Waals surface area contributed by atoms with Gasteiger partial charge in [-0.3, -0.25) is 0 Å². The number of carbonyl (C=O) groups excluding carboxylic acids is 2. The Kier molecular flexibility index (Phi) is 6.57. The van der Waals surface area contributed by atoms with Gasteiger partial charge in [0.25, 0.3) is 0 Å². The van der Waals surface area contributed by atoms with Crippen molar-refractivity contribution in [1.82, 2.24) is 0 Å². The van der Waals surface area contributed by atoms with Crippen molar-refractivity contribution in [3.8, 4) is 0 Å². The average Bonchev–Trinajstić information content (AvgIpc) is 2.24. The summed E-state index contributed by atoms with van der Waals surface area (Å²) < 4.78 is 4.31. The van der Waals surface area contributed by atoms with Gasteiger partial charge in [0.1, 0.15) is 0 Å². The summed E-state index contributed by atoms with van der Waals surface area (Å²) in [6.07, 6.45) is 1.60. The summed E-state index contributed by atoms with van der Waals surface area (Å²) in [5.74, 6) is -1.92. The number of esters is 2. The third-order valence-corrected chi connectivity index (χ3v) is 1.70. The first-order chi connectivity index (χ1) is 7.02. The summed E-state index contributed by atoms with van der Waals surface area (Å²) in [5.41, 5.74) is 0.315. The molecule has 0 aromatic heterocycles. The number of hydrogen-bond acceptors (Lipinski definition) is 5. The number of unbranched alkanes of at least 4 members (excludes halogenated alkanes) is 1. The lowest BCUT2D eigenvalue weighted by atomic mass is 10.2. The molecule has 86 valence electrons. The van der Waals surface area contributed by atoms with Crippen molar-refractivity contribution >= 4 is 11.9 Å². The minimum atomic E-state index is -1.66. The summed E-state index contributed by atoms with van der Waals surface area (Å²) in [5, 5.41) is 17.3. The summed E-state index contributed by atoms with van der Waals surface area (Å²) in [4.78, 5) is 22.1. The molecular weight excluding hydrogens is 200 g/mol. The maximum Gasteiger partial charge on any atom is 0.345 e. The third-order valence-electron chi connectivity index (χ3n) is 1.70. The van der Waals surface area contributed by atoms with Gasteiger partial charge < -0.3 is 14.9 Å². The van der Waals surface area contributed by atoms with E-state index in [0.717, 1.165) is 12.8 Å². The van der Waals surface area contributed by atoms with Crippen molar-refractivity contribution in [2.24, 2.45) is 0 Å². The Morgan fingerprint density at radius 1 is 1.47 bits per heavy atom. The fraction of sp³-hybridized carbons (Fsp3) is 0.600. The number of aliphatic hydroxyl groups excluding tert-OH is 2. The summed E-state index contributed by atoms with van der Waals surface area (Å²) >= 11 is 0. The Morgan fingerprint density at radius 2 is 2.07 bits per heavy atom. The number of rotatable bonds is 5. The number of hydrogen-bond donors (Lipinski definition) is 2. The van der Waals surface area contributed by atoms with Gasteiger partial charge in [0, 0.05) is 5.57 Å². The van der Waals surface area contributed by atoms with Crippen LogP contribution in [0.3, 0.4) is 0 Å². The molecule has 0 spiro atoms. The second kappa shape index (κ2) is 7.14. The maximum absolute atomic E-state index is 11.2. The predicted molar refractivity (Wildman–Crippen MR) is 52.9 cm³/mol. The molecule has 0 heterocycles. The van der Waals surface area contributed by atoms with Gasteiger partial charge in [-0.05, 0) is 13.3 Å². The molecule has 1 unspecified atom stereocenters. The van der Waals surface area contributed by atoms with Crippen LogP contribution in [0.1, 0.15) is 26.7 Å². The van der Waals surface area contributed by atoms with E-state index in [-0.39, 0.29) is 0 Å². The van der Waals surface area contributed by atoms with Crippen LogP contribution in [-0.2, 0) is 14.3 Å². The number of ether oxygens (including phenoxy) is 1. The zero-order chi connectivity index (χ0) is 11.8. The van der Waals surface area contributed by atoms with E-state index >= 15 is 0 Å². The van der Waals surface area contributed by atoms with E-state index in [2.05, 4.69) is 4.74 Å². The van der Waals surface area contributed by atoms with Crippen LogP contribution in [0, 0.1) is 0 Å². The van der Waals surface area contributed by atoms with Gasteiger partial charge in [0.05, 0.1) is 6.61 Å². The molecule has 0 aliphatic heterocycles. The molecule has 15 heavy (non-hydrogen) atoms. The minimum absolute atomic E-state index is 0.315. The van der Waals surface area contributed by atoms with Crippen LogP contribution in [0.5, 0.6) is 0 Å². The summed E-state index contributed by atoms with van der Waals surface area (Å²) in [6.45, 7) is 2.72. The van der Waals surface area contributed by atoms with Crippen LogP contribution in [-0.4, -0.2) is 34.9 Å². The molecule has 0 rings (SSSR count). The molecule has 0 aromatic rings. The zero-order valence-corrected chi connectivity index (χ0v) is 8.90. The van der Waals surface area contributed by atoms with Gasteiger partial charge in [-0.25, -0.2) is 9.59 Å². The predicted octanol–water partition coefficient (Wildman–Crippen LogP) is 0.156. The van der Waals surface area contributed by atoms with Crippen LogP contribution in [0.4, 0.5) is 0 Å². The quantitative estimate of drug-likeness (QED) is 0.388. The van der Waals surface area contributed by atoms with E-state index < -0.39 is 24.6 Å². The fourth-order valence-electron chi connectivity index (χ4n) is 0.759. The first kappa shape index (κ1) is 13.8. The van der Waals surface area contributed by atoms with E-state index in [1.165, 1.54) is 6.92 Å². The SMILES string of the molecule is CCCC=C(C)C(=O)OC(=O)C(O)CO. The molecule has 0 saturated carbocycles. The van der Waals surface area contributed by atoms with E-state index in [1.54, 1.807) is 6.08 Å². The first-order valence-electron chi connectivity index (χ1n) is 4.74. The largest absolute Gasteiger partial charge is 0.393 e. The molecular formula is C10H16O5. The van der Waals surface area contributed by atoms with Crippen molar-refractivity contribution in [2.45, 2.75) is 32.8 Å². The van der Waals surface area contributed by atoms with Crippen LogP contribution in [0.25, 0.3) is 0 Å². The fourth-order valence-corrected chi connectivity index (χ4v) is 0.759. The highest BCUT2D eigenvalue weighted by molar-refractivity contribution is 5.96.